The molecule has 0 saturated carbocycles. The number of anilines is 2. The topological polar surface area (TPSA) is 66.8 Å². The molecule has 0 spiro atoms. The molecule has 0 aromatic carbocycles. The predicted molar refractivity (Wildman–Crippen MR) is 82.4 cm³/mol. The molecule has 3 rings (SSSR count). The molecule has 0 bridgehead atoms. The van der Waals surface area contributed by atoms with Crippen molar-refractivity contribution in [2.75, 3.05) is 23.3 Å². The average Bonchev–Trinajstić information content (AvgIpc) is 2.52. The Morgan fingerprint density at radius 2 is 2.05 bits per heavy atom. The molecule has 1 saturated heterocycles. The molecule has 0 radical (unpaired) electrons. The summed E-state index contributed by atoms with van der Waals surface area (Å²) in [5, 5.41) is 11.4. The number of nitrogens with zero attached hydrogens (tertiary/aromatic N) is 5. The monoisotopic (exact) mass is 284 g/mol. The van der Waals surface area contributed by atoms with Gasteiger partial charge in [0.05, 0.1) is 11.4 Å². The van der Waals surface area contributed by atoms with Crippen molar-refractivity contribution in [2.45, 2.75) is 32.7 Å². The Kier molecular flexibility index (Phi) is 3.94. The van der Waals surface area contributed by atoms with Gasteiger partial charge < -0.3 is 10.2 Å². The van der Waals surface area contributed by atoms with Crippen molar-refractivity contribution in [2.24, 2.45) is 0 Å². The molecule has 0 unspecified atom stereocenters. The van der Waals surface area contributed by atoms with E-state index in [-0.39, 0.29) is 0 Å². The smallest absolute Gasteiger partial charge is 0.150 e. The van der Waals surface area contributed by atoms with Crippen LogP contribution in [0.4, 0.5) is 11.6 Å². The Hall–Kier alpha value is -2.24. The second-order valence-corrected chi connectivity index (χ2v) is 5.43. The largest absolute Gasteiger partial charge is 0.366 e. The third kappa shape index (κ3) is 3.26. The third-order valence-corrected chi connectivity index (χ3v) is 3.77. The fraction of sp³-hybridized carbons (Fsp3) is 0.467. The van der Waals surface area contributed by atoms with Crippen LogP contribution in [0, 0.1) is 13.8 Å². The first-order chi connectivity index (χ1) is 10.2. The van der Waals surface area contributed by atoms with Crippen LogP contribution in [0.5, 0.6) is 0 Å². The van der Waals surface area contributed by atoms with E-state index >= 15 is 0 Å². The molecule has 3 heterocycles. The highest BCUT2D eigenvalue weighted by molar-refractivity contribution is 5.44. The van der Waals surface area contributed by atoms with Crippen molar-refractivity contribution < 1.29 is 0 Å². The lowest BCUT2D eigenvalue weighted by atomic mass is 10.0. The van der Waals surface area contributed by atoms with Crippen molar-refractivity contribution in [1.82, 2.24) is 20.2 Å². The van der Waals surface area contributed by atoms with Gasteiger partial charge in [-0.15, -0.1) is 5.10 Å². The van der Waals surface area contributed by atoms with Gasteiger partial charge in [-0.1, -0.05) is 0 Å². The molecule has 6 heteroatoms. The van der Waals surface area contributed by atoms with Gasteiger partial charge in [-0.3, -0.25) is 4.98 Å². The standard InChI is InChI=1S/C15H20N6/c1-11-10-16-12(2)15(18-11)21-8-5-13(6-9-21)19-14-4-3-7-17-20-14/h3-4,7,10,13H,5-6,8-9H2,1-2H3,(H,19,20). The van der Waals surface area contributed by atoms with E-state index in [9.17, 15) is 0 Å². The van der Waals surface area contributed by atoms with E-state index in [2.05, 4.69) is 30.4 Å². The van der Waals surface area contributed by atoms with E-state index in [0.717, 1.165) is 49.0 Å². The zero-order valence-electron chi connectivity index (χ0n) is 12.5. The number of aromatic nitrogens is 4. The summed E-state index contributed by atoms with van der Waals surface area (Å²) in [7, 11) is 0. The van der Waals surface area contributed by atoms with Gasteiger partial charge in [0.15, 0.2) is 0 Å². The number of hydrogen-bond donors (Lipinski definition) is 1. The minimum atomic E-state index is 0.441. The Balaban J connectivity index is 1.61. The maximum Gasteiger partial charge on any atom is 0.150 e. The minimum Gasteiger partial charge on any atom is -0.366 e. The molecular formula is C15H20N6. The van der Waals surface area contributed by atoms with Crippen LogP contribution >= 0.6 is 0 Å². The Labute approximate surface area is 124 Å². The SMILES string of the molecule is Cc1cnc(C)c(N2CCC(Nc3cccnn3)CC2)n1. The lowest BCUT2D eigenvalue weighted by Crippen LogP contribution is -2.40. The molecule has 1 fully saturated rings. The number of hydrogen-bond acceptors (Lipinski definition) is 6. The van der Waals surface area contributed by atoms with Crippen LogP contribution in [-0.2, 0) is 0 Å². The highest BCUT2D eigenvalue weighted by atomic mass is 15.2. The van der Waals surface area contributed by atoms with Gasteiger partial charge in [-0.05, 0) is 38.8 Å². The van der Waals surface area contributed by atoms with Crippen molar-refractivity contribution >= 4 is 11.6 Å². The van der Waals surface area contributed by atoms with E-state index in [1.54, 1.807) is 6.20 Å². The van der Waals surface area contributed by atoms with Crippen LogP contribution in [0.1, 0.15) is 24.2 Å². The normalized spacial score (nSPS) is 16.0. The molecule has 2 aromatic heterocycles. The Morgan fingerprint density at radius 1 is 1.24 bits per heavy atom. The summed E-state index contributed by atoms with van der Waals surface area (Å²) in [6.07, 6.45) is 5.63. The van der Waals surface area contributed by atoms with Crippen LogP contribution in [0.25, 0.3) is 0 Å². The molecule has 110 valence electrons. The van der Waals surface area contributed by atoms with Crippen LogP contribution in [0.2, 0.25) is 0 Å². The summed E-state index contributed by atoms with van der Waals surface area (Å²) in [6.45, 7) is 5.97. The van der Waals surface area contributed by atoms with E-state index < -0.39 is 0 Å². The summed E-state index contributed by atoms with van der Waals surface area (Å²) in [4.78, 5) is 11.4. The zero-order chi connectivity index (χ0) is 14.7. The molecule has 6 nitrogen and oxygen atoms in total. The van der Waals surface area contributed by atoms with Gasteiger partial charge >= 0.3 is 0 Å². The number of rotatable bonds is 3. The fourth-order valence-electron chi connectivity index (χ4n) is 2.65. The first-order valence-electron chi connectivity index (χ1n) is 7.32. The van der Waals surface area contributed by atoms with Gasteiger partial charge in [0, 0.05) is 31.5 Å². The summed E-state index contributed by atoms with van der Waals surface area (Å²) < 4.78 is 0. The van der Waals surface area contributed by atoms with E-state index in [1.165, 1.54) is 0 Å². The number of piperidine rings is 1. The van der Waals surface area contributed by atoms with Gasteiger partial charge in [-0.25, -0.2) is 4.98 Å². The highest BCUT2D eigenvalue weighted by Crippen LogP contribution is 2.22. The van der Waals surface area contributed by atoms with Crippen molar-refractivity contribution in [3.05, 3.63) is 35.9 Å². The molecule has 21 heavy (non-hydrogen) atoms. The van der Waals surface area contributed by atoms with E-state index in [0.29, 0.717) is 6.04 Å². The number of nitrogens with one attached hydrogen (secondary N) is 1. The van der Waals surface area contributed by atoms with Crippen LogP contribution < -0.4 is 10.2 Å². The maximum absolute atomic E-state index is 4.63. The minimum absolute atomic E-state index is 0.441. The van der Waals surface area contributed by atoms with Crippen LogP contribution in [0.15, 0.2) is 24.5 Å². The molecule has 0 atom stereocenters. The summed E-state index contributed by atoms with van der Waals surface area (Å²) in [5.74, 6) is 1.87. The molecule has 2 aromatic rings. The maximum atomic E-state index is 4.63. The molecular weight excluding hydrogens is 264 g/mol. The van der Waals surface area contributed by atoms with Crippen molar-refractivity contribution in [1.29, 1.82) is 0 Å². The van der Waals surface area contributed by atoms with Gasteiger partial charge in [0.1, 0.15) is 11.6 Å². The summed E-state index contributed by atoms with van der Waals surface area (Å²) >= 11 is 0. The quantitative estimate of drug-likeness (QED) is 0.929. The first kappa shape index (κ1) is 13.7. The van der Waals surface area contributed by atoms with Crippen molar-refractivity contribution in [3.8, 4) is 0 Å². The Morgan fingerprint density at radius 3 is 2.76 bits per heavy atom. The zero-order valence-corrected chi connectivity index (χ0v) is 12.5. The lowest BCUT2D eigenvalue weighted by Gasteiger charge is -2.33. The summed E-state index contributed by atoms with van der Waals surface area (Å²) in [5.41, 5.74) is 1.97. The van der Waals surface area contributed by atoms with Crippen molar-refractivity contribution in [3.63, 3.8) is 0 Å². The lowest BCUT2D eigenvalue weighted by molar-refractivity contribution is 0.520. The Bertz CT molecular complexity index is 592. The molecule has 0 amide bonds. The molecule has 1 N–H and O–H groups in total. The van der Waals surface area contributed by atoms with Gasteiger partial charge in [-0.2, -0.15) is 5.10 Å². The average molecular weight is 284 g/mol. The highest BCUT2D eigenvalue weighted by Gasteiger charge is 2.21. The van der Waals surface area contributed by atoms with Gasteiger partial charge in [0.2, 0.25) is 0 Å². The molecule has 1 aliphatic heterocycles. The molecule has 0 aliphatic carbocycles. The fourth-order valence-corrected chi connectivity index (χ4v) is 2.65. The van der Waals surface area contributed by atoms with Gasteiger partial charge in [0.25, 0.3) is 0 Å². The second kappa shape index (κ2) is 6.03. The van der Waals surface area contributed by atoms with E-state index in [4.69, 9.17) is 0 Å². The number of aryl methyl sites for hydroxylation is 2. The van der Waals surface area contributed by atoms with Crippen LogP contribution in [-0.4, -0.2) is 39.3 Å². The third-order valence-electron chi connectivity index (χ3n) is 3.77. The first-order valence-corrected chi connectivity index (χ1v) is 7.32. The van der Waals surface area contributed by atoms with Crippen LogP contribution in [0.3, 0.4) is 0 Å². The predicted octanol–water partition coefficient (Wildman–Crippen LogP) is 1.96. The van der Waals surface area contributed by atoms with E-state index in [1.807, 2.05) is 32.2 Å². The molecule has 1 aliphatic rings. The second-order valence-electron chi connectivity index (χ2n) is 5.43. The summed E-state index contributed by atoms with van der Waals surface area (Å²) in [6, 6.07) is 4.29.